The molecule has 0 spiro atoms. The van der Waals surface area contributed by atoms with Gasteiger partial charge in [-0.1, -0.05) is 23.2 Å². The molecule has 0 aromatic heterocycles. The number of carbonyl (C=O) groups excluding carboxylic acids is 1. The number of halogens is 4. The third-order valence-electron chi connectivity index (χ3n) is 2.51. The summed E-state index contributed by atoms with van der Waals surface area (Å²) in [5, 5.41) is 5.43. The number of nitrogens with one attached hydrogen (secondary N) is 2. The van der Waals surface area contributed by atoms with Crippen molar-refractivity contribution >= 4 is 46.6 Å². The standard InChI is InChI=1S/C11H10Cl2F2N2O2S/c12-6-1-5(2-7(13)9(6)19-11(14)15)17-10(18)8-3-20-4-16-8/h1-2,8,11,16H,3-4H2,(H,17,18). The van der Waals surface area contributed by atoms with Gasteiger partial charge in [0.2, 0.25) is 5.91 Å². The lowest BCUT2D eigenvalue weighted by molar-refractivity contribution is -0.117. The van der Waals surface area contributed by atoms with Gasteiger partial charge in [0.1, 0.15) is 0 Å². The second-order valence-corrected chi connectivity index (χ2v) is 5.75. The molecule has 2 N–H and O–H groups in total. The normalized spacial score (nSPS) is 18.4. The van der Waals surface area contributed by atoms with Gasteiger partial charge in [-0.25, -0.2) is 0 Å². The third-order valence-corrected chi connectivity index (χ3v) is 4.01. The summed E-state index contributed by atoms with van der Waals surface area (Å²) in [6.45, 7) is -3.02. The Hall–Kier alpha value is -0.760. The number of hydrogen-bond acceptors (Lipinski definition) is 4. The lowest BCUT2D eigenvalue weighted by atomic mass is 10.2. The first-order chi connectivity index (χ1) is 9.47. The molecule has 1 atom stereocenters. The van der Waals surface area contributed by atoms with E-state index in [9.17, 15) is 13.6 Å². The topological polar surface area (TPSA) is 50.4 Å². The molecule has 2 rings (SSSR count). The minimum Gasteiger partial charge on any atom is -0.432 e. The lowest BCUT2D eigenvalue weighted by Crippen LogP contribution is -2.37. The summed E-state index contributed by atoms with van der Waals surface area (Å²) in [6.07, 6.45) is 0. The maximum absolute atomic E-state index is 12.2. The number of alkyl halides is 2. The Morgan fingerprint density at radius 3 is 2.60 bits per heavy atom. The first kappa shape index (κ1) is 15.6. The lowest BCUT2D eigenvalue weighted by Gasteiger charge is -2.13. The summed E-state index contributed by atoms with van der Waals surface area (Å²) in [7, 11) is 0. The van der Waals surface area contributed by atoms with E-state index >= 15 is 0 Å². The fraction of sp³-hybridized carbons (Fsp3) is 0.364. The average molecular weight is 343 g/mol. The van der Waals surface area contributed by atoms with Crippen molar-refractivity contribution in [1.82, 2.24) is 5.32 Å². The van der Waals surface area contributed by atoms with Gasteiger partial charge < -0.3 is 10.1 Å². The smallest absolute Gasteiger partial charge is 0.387 e. The maximum atomic E-state index is 12.2. The van der Waals surface area contributed by atoms with Gasteiger partial charge in [-0.15, -0.1) is 11.8 Å². The molecule has 1 unspecified atom stereocenters. The Morgan fingerprint density at radius 1 is 1.45 bits per heavy atom. The molecule has 0 aliphatic carbocycles. The van der Waals surface area contributed by atoms with E-state index in [0.29, 0.717) is 17.3 Å². The van der Waals surface area contributed by atoms with Gasteiger partial charge in [0, 0.05) is 17.3 Å². The van der Waals surface area contributed by atoms with E-state index in [1.165, 1.54) is 12.1 Å². The molecule has 1 aromatic rings. The molecule has 20 heavy (non-hydrogen) atoms. The summed E-state index contributed by atoms with van der Waals surface area (Å²) < 4.78 is 28.6. The summed E-state index contributed by atoms with van der Waals surface area (Å²) in [6, 6.07) is 2.32. The van der Waals surface area contributed by atoms with Gasteiger partial charge in [-0.05, 0) is 12.1 Å². The van der Waals surface area contributed by atoms with Crippen molar-refractivity contribution in [3.8, 4) is 5.75 Å². The van der Waals surface area contributed by atoms with Crippen LogP contribution in [0.15, 0.2) is 12.1 Å². The molecule has 0 saturated carbocycles. The molecule has 1 fully saturated rings. The van der Waals surface area contributed by atoms with Crippen LogP contribution >= 0.6 is 35.0 Å². The first-order valence-corrected chi connectivity index (χ1v) is 7.44. The van der Waals surface area contributed by atoms with Gasteiger partial charge in [-0.3, -0.25) is 10.1 Å². The zero-order valence-electron chi connectivity index (χ0n) is 9.96. The Bertz CT molecular complexity index is 490. The molecule has 1 aliphatic heterocycles. The molecule has 0 radical (unpaired) electrons. The van der Waals surface area contributed by atoms with Crippen LogP contribution in [-0.4, -0.2) is 30.2 Å². The molecule has 0 bridgehead atoms. The van der Waals surface area contributed by atoms with Gasteiger partial charge in [0.15, 0.2) is 5.75 Å². The summed E-state index contributed by atoms with van der Waals surface area (Å²) in [5.41, 5.74) is 0.324. The van der Waals surface area contributed by atoms with Crippen molar-refractivity contribution in [2.24, 2.45) is 0 Å². The van der Waals surface area contributed by atoms with Crippen molar-refractivity contribution in [2.75, 3.05) is 16.9 Å². The monoisotopic (exact) mass is 342 g/mol. The second-order valence-electron chi connectivity index (χ2n) is 3.91. The zero-order chi connectivity index (χ0) is 14.7. The molecule has 1 amide bonds. The van der Waals surface area contributed by atoms with Crippen molar-refractivity contribution in [3.05, 3.63) is 22.2 Å². The van der Waals surface area contributed by atoms with Crippen LogP contribution in [-0.2, 0) is 4.79 Å². The number of anilines is 1. The van der Waals surface area contributed by atoms with Gasteiger partial charge in [0.05, 0.1) is 16.1 Å². The molecular weight excluding hydrogens is 333 g/mol. The molecule has 1 heterocycles. The van der Waals surface area contributed by atoms with Crippen LogP contribution in [0.25, 0.3) is 0 Å². The van der Waals surface area contributed by atoms with E-state index in [2.05, 4.69) is 15.4 Å². The summed E-state index contributed by atoms with van der Waals surface area (Å²) in [5.74, 6) is 0.834. The highest BCUT2D eigenvalue weighted by atomic mass is 35.5. The van der Waals surface area contributed by atoms with Gasteiger partial charge in [-0.2, -0.15) is 8.78 Å². The number of rotatable bonds is 4. The highest BCUT2D eigenvalue weighted by Gasteiger charge is 2.23. The Morgan fingerprint density at radius 2 is 2.10 bits per heavy atom. The van der Waals surface area contributed by atoms with Crippen LogP contribution < -0.4 is 15.4 Å². The molecule has 1 aliphatic rings. The van der Waals surface area contributed by atoms with Crippen molar-refractivity contribution < 1.29 is 18.3 Å². The quantitative estimate of drug-likeness (QED) is 0.882. The first-order valence-electron chi connectivity index (χ1n) is 5.53. The minimum atomic E-state index is -3.02. The predicted molar refractivity (Wildman–Crippen MR) is 76.0 cm³/mol. The van der Waals surface area contributed by atoms with Crippen molar-refractivity contribution in [1.29, 1.82) is 0 Å². The molecule has 9 heteroatoms. The molecule has 1 saturated heterocycles. The minimum absolute atomic E-state index is 0.0955. The highest BCUT2D eigenvalue weighted by Crippen LogP contribution is 2.37. The Kier molecular flexibility index (Phi) is 5.31. The molecule has 4 nitrogen and oxygen atoms in total. The van der Waals surface area contributed by atoms with E-state index in [-0.39, 0.29) is 27.7 Å². The summed E-state index contributed by atoms with van der Waals surface area (Å²) in [4.78, 5) is 11.9. The fourth-order valence-electron chi connectivity index (χ4n) is 1.63. The van der Waals surface area contributed by atoms with Gasteiger partial charge >= 0.3 is 6.61 Å². The number of carbonyl (C=O) groups is 1. The maximum Gasteiger partial charge on any atom is 0.387 e. The number of amides is 1. The number of benzene rings is 1. The van der Waals surface area contributed by atoms with Crippen LogP contribution in [0, 0.1) is 0 Å². The Balaban J connectivity index is 2.11. The third kappa shape index (κ3) is 3.88. The van der Waals surface area contributed by atoms with Gasteiger partial charge in [0.25, 0.3) is 0 Å². The highest BCUT2D eigenvalue weighted by molar-refractivity contribution is 7.99. The van der Waals surface area contributed by atoms with Crippen LogP contribution in [0.4, 0.5) is 14.5 Å². The van der Waals surface area contributed by atoms with Crippen molar-refractivity contribution in [3.63, 3.8) is 0 Å². The average Bonchev–Trinajstić information content (AvgIpc) is 2.87. The number of thioether (sulfide) groups is 1. The molecular formula is C11H10Cl2F2N2O2S. The second kappa shape index (κ2) is 6.80. The van der Waals surface area contributed by atoms with E-state index in [1.54, 1.807) is 11.8 Å². The van der Waals surface area contributed by atoms with Crippen LogP contribution in [0.1, 0.15) is 0 Å². The van der Waals surface area contributed by atoms with Crippen LogP contribution in [0.3, 0.4) is 0 Å². The van der Waals surface area contributed by atoms with E-state index in [1.807, 2.05) is 0 Å². The van der Waals surface area contributed by atoms with Crippen LogP contribution in [0.2, 0.25) is 10.0 Å². The van der Waals surface area contributed by atoms with E-state index in [4.69, 9.17) is 23.2 Å². The zero-order valence-corrected chi connectivity index (χ0v) is 12.3. The molecule has 110 valence electrons. The largest absolute Gasteiger partial charge is 0.432 e. The SMILES string of the molecule is O=C(Nc1cc(Cl)c(OC(F)F)c(Cl)c1)C1CSCN1. The van der Waals surface area contributed by atoms with Crippen LogP contribution in [0.5, 0.6) is 5.75 Å². The van der Waals surface area contributed by atoms with E-state index < -0.39 is 6.61 Å². The fourth-order valence-corrected chi connectivity index (χ4v) is 3.14. The van der Waals surface area contributed by atoms with E-state index in [0.717, 1.165) is 0 Å². The number of hydrogen-bond donors (Lipinski definition) is 2. The molecule has 1 aromatic carbocycles. The summed E-state index contributed by atoms with van der Waals surface area (Å²) >= 11 is 13.2. The Labute approximate surface area is 128 Å². The number of ether oxygens (including phenoxy) is 1. The predicted octanol–water partition coefficient (Wildman–Crippen LogP) is 3.20. The van der Waals surface area contributed by atoms with Crippen molar-refractivity contribution in [2.45, 2.75) is 12.7 Å².